The van der Waals surface area contributed by atoms with Gasteiger partial charge in [0.1, 0.15) is 11.4 Å². The Labute approximate surface area is 123 Å². The van der Waals surface area contributed by atoms with Gasteiger partial charge in [-0.2, -0.15) is 4.31 Å². The zero-order chi connectivity index (χ0) is 15.8. The molecule has 1 aromatic heterocycles. The van der Waals surface area contributed by atoms with Gasteiger partial charge in [0.2, 0.25) is 0 Å². The molecule has 1 atom stereocenters. The summed E-state index contributed by atoms with van der Waals surface area (Å²) in [6.07, 6.45) is 2.45. The van der Waals surface area contributed by atoms with Crippen molar-refractivity contribution in [1.29, 1.82) is 0 Å². The molecule has 0 saturated carbocycles. The van der Waals surface area contributed by atoms with E-state index in [0.29, 0.717) is 12.4 Å². The van der Waals surface area contributed by atoms with Crippen LogP contribution in [-0.4, -0.2) is 52.0 Å². The molecule has 2 rings (SSSR count). The normalized spacial score (nSPS) is 23.6. The van der Waals surface area contributed by atoms with Crippen LogP contribution >= 0.6 is 0 Å². The van der Waals surface area contributed by atoms with Crippen LogP contribution in [0.15, 0.2) is 11.2 Å². The van der Waals surface area contributed by atoms with Crippen LogP contribution in [0.3, 0.4) is 0 Å². The highest BCUT2D eigenvalue weighted by atomic mass is 32.2. The summed E-state index contributed by atoms with van der Waals surface area (Å²) >= 11 is 0. The first-order chi connectivity index (χ1) is 9.70. The van der Waals surface area contributed by atoms with E-state index >= 15 is 0 Å². The summed E-state index contributed by atoms with van der Waals surface area (Å²) in [5.41, 5.74) is 4.20. The van der Waals surface area contributed by atoms with Crippen molar-refractivity contribution in [1.82, 2.24) is 13.9 Å². The number of rotatable bonds is 5. The van der Waals surface area contributed by atoms with E-state index in [1.54, 1.807) is 11.5 Å². The van der Waals surface area contributed by atoms with Gasteiger partial charge in [-0.25, -0.2) is 13.4 Å². The highest BCUT2D eigenvalue weighted by Gasteiger charge is 2.46. The third-order valence-corrected chi connectivity index (χ3v) is 5.43. The van der Waals surface area contributed by atoms with E-state index in [0.717, 1.165) is 10.7 Å². The van der Waals surface area contributed by atoms with Gasteiger partial charge >= 0.3 is 5.97 Å². The third kappa shape index (κ3) is 2.81. The number of carbonyl (C=O) groups is 1. The van der Waals surface area contributed by atoms with Gasteiger partial charge in [0.25, 0.3) is 10.0 Å². The van der Waals surface area contributed by atoms with Crippen LogP contribution in [0.4, 0.5) is 0 Å². The van der Waals surface area contributed by atoms with E-state index in [1.165, 1.54) is 6.20 Å². The number of sulfonamides is 1. The molecule has 1 saturated heterocycles. The van der Waals surface area contributed by atoms with Crippen LogP contribution in [0.25, 0.3) is 0 Å². The monoisotopic (exact) mass is 316 g/mol. The Morgan fingerprint density at radius 2 is 2.24 bits per heavy atom. The van der Waals surface area contributed by atoms with E-state index in [4.69, 9.17) is 10.8 Å². The Hall–Kier alpha value is -1.45. The Morgan fingerprint density at radius 3 is 2.76 bits per heavy atom. The van der Waals surface area contributed by atoms with Crippen molar-refractivity contribution in [3.63, 3.8) is 0 Å². The number of carboxylic acids is 1. The molecule has 1 unspecified atom stereocenters. The molecule has 8 nitrogen and oxygen atoms in total. The SMILES string of the molecule is CCCn1cc(S(=O)(=O)N2CCC(N)(C(=O)O)C2)nc1C. The summed E-state index contributed by atoms with van der Waals surface area (Å²) in [5, 5.41) is 9.03. The molecule has 2 heterocycles. The number of aromatic nitrogens is 2. The molecule has 0 amide bonds. The fourth-order valence-electron chi connectivity index (χ4n) is 2.38. The molecular formula is C12H20N4O4S. The summed E-state index contributed by atoms with van der Waals surface area (Å²) in [6.45, 7) is 4.27. The van der Waals surface area contributed by atoms with Crippen molar-refractivity contribution in [2.75, 3.05) is 13.1 Å². The van der Waals surface area contributed by atoms with Crippen molar-refractivity contribution < 1.29 is 18.3 Å². The zero-order valence-electron chi connectivity index (χ0n) is 12.1. The number of imidazole rings is 1. The second kappa shape index (κ2) is 5.39. The molecule has 0 spiro atoms. The predicted molar refractivity (Wildman–Crippen MR) is 75.2 cm³/mol. The van der Waals surface area contributed by atoms with Crippen LogP contribution < -0.4 is 5.73 Å². The predicted octanol–water partition coefficient (Wildman–Crippen LogP) is -0.222. The molecule has 9 heteroatoms. The lowest BCUT2D eigenvalue weighted by Gasteiger charge is -2.19. The Balaban J connectivity index is 2.27. The first kappa shape index (κ1) is 15.9. The molecular weight excluding hydrogens is 296 g/mol. The highest BCUT2D eigenvalue weighted by molar-refractivity contribution is 7.89. The maximum atomic E-state index is 12.5. The number of nitrogens with two attached hydrogens (primary N) is 1. The first-order valence-electron chi connectivity index (χ1n) is 6.77. The lowest BCUT2D eigenvalue weighted by Crippen LogP contribution is -2.50. The van der Waals surface area contributed by atoms with Crippen molar-refractivity contribution in [3.8, 4) is 0 Å². The standard InChI is InChI=1S/C12H20N4O4S/c1-3-5-15-7-10(14-9(15)2)21(19,20)16-6-4-12(13,8-16)11(17)18/h7H,3-6,8,13H2,1-2H3,(H,17,18). The lowest BCUT2D eigenvalue weighted by atomic mass is 10.0. The molecule has 1 aliphatic heterocycles. The average molecular weight is 316 g/mol. The van der Waals surface area contributed by atoms with Gasteiger partial charge in [0.15, 0.2) is 5.03 Å². The van der Waals surface area contributed by atoms with Gasteiger partial charge < -0.3 is 15.4 Å². The fraction of sp³-hybridized carbons (Fsp3) is 0.667. The second-order valence-electron chi connectivity index (χ2n) is 5.37. The summed E-state index contributed by atoms with van der Waals surface area (Å²) in [7, 11) is -3.81. The zero-order valence-corrected chi connectivity index (χ0v) is 12.9. The largest absolute Gasteiger partial charge is 0.480 e. The molecule has 1 aliphatic rings. The van der Waals surface area contributed by atoms with E-state index in [1.807, 2.05) is 6.92 Å². The summed E-state index contributed by atoms with van der Waals surface area (Å²) in [5.74, 6) is -0.570. The smallest absolute Gasteiger partial charge is 0.325 e. The number of nitrogens with zero attached hydrogens (tertiary/aromatic N) is 3. The summed E-state index contributed by atoms with van der Waals surface area (Å²) in [4.78, 5) is 15.2. The Morgan fingerprint density at radius 1 is 1.57 bits per heavy atom. The molecule has 1 aromatic rings. The quantitative estimate of drug-likeness (QED) is 0.775. The number of hydrogen-bond donors (Lipinski definition) is 2. The number of aryl methyl sites for hydroxylation is 2. The van der Waals surface area contributed by atoms with Crippen molar-refractivity contribution in [2.45, 2.75) is 43.8 Å². The topological polar surface area (TPSA) is 119 Å². The van der Waals surface area contributed by atoms with Crippen LogP contribution in [0.2, 0.25) is 0 Å². The molecule has 0 bridgehead atoms. The average Bonchev–Trinajstić information content (AvgIpc) is 2.96. The molecule has 0 radical (unpaired) electrons. The van der Waals surface area contributed by atoms with E-state index in [9.17, 15) is 13.2 Å². The van der Waals surface area contributed by atoms with Crippen molar-refractivity contribution in [3.05, 3.63) is 12.0 Å². The van der Waals surface area contributed by atoms with Crippen LogP contribution in [-0.2, 0) is 21.4 Å². The molecule has 1 fully saturated rings. The number of hydrogen-bond acceptors (Lipinski definition) is 5. The van der Waals surface area contributed by atoms with Gasteiger partial charge in [-0.3, -0.25) is 4.79 Å². The Bertz CT molecular complexity index is 654. The summed E-state index contributed by atoms with van der Waals surface area (Å²) in [6, 6.07) is 0. The molecule has 118 valence electrons. The summed E-state index contributed by atoms with van der Waals surface area (Å²) < 4.78 is 27.9. The molecule has 3 N–H and O–H groups in total. The minimum absolute atomic E-state index is 0.0527. The van der Waals surface area contributed by atoms with Gasteiger partial charge in [-0.15, -0.1) is 0 Å². The minimum Gasteiger partial charge on any atom is -0.480 e. The number of carboxylic acid groups (broad SMARTS) is 1. The number of aliphatic carboxylic acids is 1. The van der Waals surface area contributed by atoms with E-state index in [2.05, 4.69) is 4.98 Å². The van der Waals surface area contributed by atoms with Gasteiger partial charge in [-0.05, 0) is 19.8 Å². The van der Waals surface area contributed by atoms with Gasteiger partial charge in [0, 0.05) is 25.8 Å². The molecule has 0 aliphatic carbocycles. The minimum atomic E-state index is -3.81. The highest BCUT2D eigenvalue weighted by Crippen LogP contribution is 2.25. The van der Waals surface area contributed by atoms with Gasteiger partial charge in [0.05, 0.1) is 0 Å². The van der Waals surface area contributed by atoms with Crippen LogP contribution in [0, 0.1) is 6.92 Å². The van der Waals surface area contributed by atoms with E-state index < -0.39 is 21.5 Å². The van der Waals surface area contributed by atoms with Crippen LogP contribution in [0.5, 0.6) is 0 Å². The second-order valence-corrected chi connectivity index (χ2v) is 7.25. The van der Waals surface area contributed by atoms with E-state index in [-0.39, 0.29) is 24.5 Å². The fourth-order valence-corrected chi connectivity index (χ4v) is 3.88. The van der Waals surface area contributed by atoms with Crippen LogP contribution in [0.1, 0.15) is 25.6 Å². The third-order valence-electron chi connectivity index (χ3n) is 3.71. The van der Waals surface area contributed by atoms with Crippen molar-refractivity contribution in [2.24, 2.45) is 5.73 Å². The molecule has 21 heavy (non-hydrogen) atoms. The maximum absolute atomic E-state index is 12.5. The first-order valence-corrected chi connectivity index (χ1v) is 8.21. The van der Waals surface area contributed by atoms with Gasteiger partial charge in [-0.1, -0.05) is 6.92 Å². The van der Waals surface area contributed by atoms with Crippen molar-refractivity contribution >= 4 is 16.0 Å². The molecule has 0 aromatic carbocycles. The maximum Gasteiger partial charge on any atom is 0.325 e. The lowest BCUT2D eigenvalue weighted by molar-refractivity contribution is -0.142. The Kier molecular flexibility index (Phi) is 4.09.